The molecule has 0 bridgehead atoms. The first kappa shape index (κ1) is 17.0. The Morgan fingerprint density at radius 2 is 1.62 bits per heavy atom. The van der Waals surface area contributed by atoms with Crippen molar-refractivity contribution in [2.24, 2.45) is 5.92 Å². The van der Waals surface area contributed by atoms with Crippen LogP contribution in [0.1, 0.15) is 45.4 Å². The topological polar surface area (TPSA) is 61.4 Å². The van der Waals surface area contributed by atoms with Crippen molar-refractivity contribution in [1.82, 2.24) is 4.90 Å². The number of carbonyl (C=O) groups is 2. The molecule has 1 aromatic rings. The van der Waals surface area contributed by atoms with E-state index < -0.39 is 0 Å². The van der Waals surface area contributed by atoms with Gasteiger partial charge in [0, 0.05) is 24.3 Å². The highest BCUT2D eigenvalue weighted by molar-refractivity contribution is 5.93. The summed E-state index contributed by atoms with van der Waals surface area (Å²) in [5.74, 6) is 0.740. The summed E-state index contributed by atoms with van der Waals surface area (Å²) >= 11 is 0. The van der Waals surface area contributed by atoms with Crippen LogP contribution in [-0.2, 0) is 9.59 Å². The summed E-state index contributed by atoms with van der Waals surface area (Å²) in [6.45, 7) is 3.00. The molecule has 3 rings (SSSR count). The van der Waals surface area contributed by atoms with E-state index in [9.17, 15) is 9.59 Å². The Balaban J connectivity index is 1.54. The molecular weight excluding hydrogens is 302 g/mol. The molecule has 1 aliphatic heterocycles. The molecule has 1 saturated carbocycles. The van der Waals surface area contributed by atoms with E-state index in [4.69, 9.17) is 0 Å². The number of amides is 2. The van der Waals surface area contributed by atoms with E-state index in [1.165, 1.54) is 45.4 Å². The third-order valence-electron chi connectivity index (χ3n) is 5.19. The van der Waals surface area contributed by atoms with Crippen LogP contribution in [0.4, 0.5) is 11.4 Å². The lowest BCUT2D eigenvalue weighted by Gasteiger charge is -2.43. The molecule has 2 aliphatic rings. The number of carbonyl (C=O) groups excluding carboxylic acids is 2. The van der Waals surface area contributed by atoms with E-state index in [0.29, 0.717) is 12.6 Å². The third kappa shape index (κ3) is 4.35. The lowest BCUT2D eigenvalue weighted by Crippen LogP contribution is -2.49. The van der Waals surface area contributed by atoms with Gasteiger partial charge < -0.3 is 10.6 Å². The molecule has 0 radical (unpaired) electrons. The summed E-state index contributed by atoms with van der Waals surface area (Å²) in [7, 11) is 0. The SMILES string of the molecule is CC(=O)Nc1ccc(NC(=O)CN2CCC[C@H]3CCCC[C@@H]32)cc1. The van der Waals surface area contributed by atoms with Crippen LogP contribution in [0.2, 0.25) is 0 Å². The van der Waals surface area contributed by atoms with Gasteiger partial charge in [0.15, 0.2) is 0 Å². The van der Waals surface area contributed by atoms with E-state index in [-0.39, 0.29) is 11.8 Å². The zero-order chi connectivity index (χ0) is 16.9. The normalized spacial score (nSPS) is 24.0. The summed E-state index contributed by atoms with van der Waals surface area (Å²) in [5.41, 5.74) is 1.51. The van der Waals surface area contributed by atoms with E-state index in [2.05, 4.69) is 15.5 Å². The molecule has 1 aliphatic carbocycles. The van der Waals surface area contributed by atoms with Gasteiger partial charge in [-0.1, -0.05) is 12.8 Å². The largest absolute Gasteiger partial charge is 0.326 e. The van der Waals surface area contributed by atoms with Crippen LogP contribution in [0.25, 0.3) is 0 Å². The zero-order valence-electron chi connectivity index (χ0n) is 14.4. The molecule has 5 heteroatoms. The highest BCUT2D eigenvalue weighted by atomic mass is 16.2. The smallest absolute Gasteiger partial charge is 0.238 e. The van der Waals surface area contributed by atoms with E-state index in [0.717, 1.165) is 23.8 Å². The van der Waals surface area contributed by atoms with E-state index in [1.807, 2.05) is 12.1 Å². The Labute approximate surface area is 143 Å². The first-order valence-corrected chi connectivity index (χ1v) is 9.03. The lowest BCUT2D eigenvalue weighted by atomic mass is 9.78. The molecule has 1 saturated heterocycles. The highest BCUT2D eigenvalue weighted by Crippen LogP contribution is 2.35. The van der Waals surface area contributed by atoms with Gasteiger partial charge in [0.1, 0.15) is 0 Å². The van der Waals surface area contributed by atoms with Crippen LogP contribution in [0.5, 0.6) is 0 Å². The van der Waals surface area contributed by atoms with Crippen LogP contribution in [0.3, 0.4) is 0 Å². The van der Waals surface area contributed by atoms with Crippen molar-refractivity contribution in [3.63, 3.8) is 0 Å². The van der Waals surface area contributed by atoms with Crippen molar-refractivity contribution < 1.29 is 9.59 Å². The van der Waals surface area contributed by atoms with Crippen LogP contribution >= 0.6 is 0 Å². The number of nitrogens with zero attached hydrogens (tertiary/aromatic N) is 1. The fourth-order valence-electron chi connectivity index (χ4n) is 4.15. The van der Waals surface area contributed by atoms with Crippen molar-refractivity contribution in [1.29, 1.82) is 0 Å². The molecule has 0 aromatic heterocycles. The Morgan fingerprint density at radius 1 is 1.00 bits per heavy atom. The summed E-state index contributed by atoms with van der Waals surface area (Å²) < 4.78 is 0. The number of nitrogens with one attached hydrogen (secondary N) is 2. The maximum absolute atomic E-state index is 12.4. The maximum atomic E-state index is 12.4. The molecule has 0 spiro atoms. The van der Waals surface area contributed by atoms with Crippen LogP contribution < -0.4 is 10.6 Å². The molecule has 2 N–H and O–H groups in total. The zero-order valence-corrected chi connectivity index (χ0v) is 14.4. The average molecular weight is 329 g/mol. The number of fused-ring (bicyclic) bond motifs is 1. The minimum absolute atomic E-state index is 0.0495. The molecule has 0 unspecified atom stereocenters. The summed E-state index contributed by atoms with van der Waals surface area (Å²) in [6.07, 6.45) is 7.75. The Kier molecular flexibility index (Phi) is 5.51. The number of anilines is 2. The number of likely N-dealkylation sites (tertiary alicyclic amines) is 1. The van der Waals surface area contributed by atoms with E-state index >= 15 is 0 Å². The van der Waals surface area contributed by atoms with E-state index in [1.54, 1.807) is 12.1 Å². The summed E-state index contributed by atoms with van der Waals surface area (Å²) in [4.78, 5) is 25.8. The minimum atomic E-state index is -0.0982. The van der Waals surface area contributed by atoms with Crippen molar-refractivity contribution in [3.05, 3.63) is 24.3 Å². The maximum Gasteiger partial charge on any atom is 0.238 e. The van der Waals surface area contributed by atoms with Crippen LogP contribution in [0, 0.1) is 5.92 Å². The number of rotatable bonds is 4. The van der Waals surface area contributed by atoms with Gasteiger partial charge in [0.05, 0.1) is 6.54 Å². The van der Waals surface area contributed by atoms with Gasteiger partial charge in [-0.2, -0.15) is 0 Å². The standard InChI is InChI=1S/C19H27N3O2/c1-14(23)20-16-8-10-17(11-9-16)21-19(24)13-22-12-4-6-15-5-2-3-7-18(15)22/h8-11,15,18H,2-7,12-13H2,1H3,(H,20,23)(H,21,24)/t15-,18+/m1/s1. The first-order chi connectivity index (χ1) is 11.6. The van der Waals surface area contributed by atoms with Gasteiger partial charge in [-0.05, 0) is 62.4 Å². The Bertz CT molecular complexity index is 583. The molecular formula is C19H27N3O2. The van der Waals surface area contributed by atoms with Gasteiger partial charge in [-0.3, -0.25) is 14.5 Å². The Morgan fingerprint density at radius 3 is 2.33 bits per heavy atom. The lowest BCUT2D eigenvalue weighted by molar-refractivity contribution is -0.119. The predicted molar refractivity (Wildman–Crippen MR) is 95.9 cm³/mol. The average Bonchev–Trinajstić information content (AvgIpc) is 2.56. The first-order valence-electron chi connectivity index (χ1n) is 9.03. The monoisotopic (exact) mass is 329 g/mol. The molecule has 2 fully saturated rings. The molecule has 5 nitrogen and oxygen atoms in total. The number of hydrogen-bond acceptors (Lipinski definition) is 3. The molecule has 130 valence electrons. The quantitative estimate of drug-likeness (QED) is 0.891. The summed E-state index contributed by atoms with van der Waals surface area (Å²) in [5, 5.41) is 5.69. The number of hydrogen-bond donors (Lipinski definition) is 2. The van der Waals surface area contributed by atoms with Crippen molar-refractivity contribution in [2.75, 3.05) is 23.7 Å². The number of benzene rings is 1. The van der Waals surface area contributed by atoms with Crippen molar-refractivity contribution >= 4 is 23.2 Å². The Hall–Kier alpha value is -1.88. The second-order valence-corrected chi connectivity index (χ2v) is 7.03. The van der Waals surface area contributed by atoms with Gasteiger partial charge in [-0.25, -0.2) is 0 Å². The van der Waals surface area contributed by atoms with Crippen LogP contribution in [0.15, 0.2) is 24.3 Å². The molecule has 1 heterocycles. The summed E-state index contributed by atoms with van der Waals surface area (Å²) in [6, 6.07) is 7.84. The van der Waals surface area contributed by atoms with Gasteiger partial charge >= 0.3 is 0 Å². The fraction of sp³-hybridized carbons (Fsp3) is 0.579. The molecule has 2 amide bonds. The van der Waals surface area contributed by atoms with Gasteiger partial charge in [0.2, 0.25) is 11.8 Å². The van der Waals surface area contributed by atoms with Crippen molar-refractivity contribution in [3.8, 4) is 0 Å². The second kappa shape index (κ2) is 7.79. The molecule has 24 heavy (non-hydrogen) atoms. The minimum Gasteiger partial charge on any atom is -0.326 e. The van der Waals surface area contributed by atoms with Crippen molar-refractivity contribution in [2.45, 2.75) is 51.5 Å². The molecule has 1 aromatic carbocycles. The second-order valence-electron chi connectivity index (χ2n) is 7.03. The highest BCUT2D eigenvalue weighted by Gasteiger charge is 2.33. The van der Waals surface area contributed by atoms with Gasteiger partial charge in [0.25, 0.3) is 0 Å². The fourth-order valence-corrected chi connectivity index (χ4v) is 4.15. The van der Waals surface area contributed by atoms with Crippen LogP contribution in [-0.4, -0.2) is 35.8 Å². The predicted octanol–water partition coefficient (Wildman–Crippen LogP) is 3.24. The number of piperidine rings is 1. The van der Waals surface area contributed by atoms with Gasteiger partial charge in [-0.15, -0.1) is 0 Å². The molecule has 2 atom stereocenters. The third-order valence-corrected chi connectivity index (χ3v) is 5.19.